The van der Waals surface area contributed by atoms with Crippen LogP contribution < -0.4 is 10.6 Å². The lowest BCUT2D eigenvalue weighted by Gasteiger charge is -2.29. The number of hydrogen-bond donors (Lipinski definition) is 2. The molecule has 0 aliphatic carbocycles. The highest BCUT2D eigenvalue weighted by molar-refractivity contribution is 5.92. The fourth-order valence-electron chi connectivity index (χ4n) is 4.95. The summed E-state index contributed by atoms with van der Waals surface area (Å²) in [5.41, 5.74) is 2.58. The molecule has 0 saturated carbocycles. The normalized spacial score (nSPS) is 18.0. The molecule has 0 bridgehead atoms. The molecule has 2 aliphatic rings. The molecule has 0 amide bonds. The fraction of sp³-hybridized carbons (Fsp3) is 0.517. The van der Waals surface area contributed by atoms with Crippen molar-refractivity contribution in [3.63, 3.8) is 0 Å². The van der Waals surface area contributed by atoms with E-state index in [0.717, 1.165) is 55.7 Å². The number of rotatable bonds is 12. The van der Waals surface area contributed by atoms with Gasteiger partial charge >= 0.3 is 0 Å². The van der Waals surface area contributed by atoms with Crippen molar-refractivity contribution < 1.29 is 4.74 Å². The lowest BCUT2D eigenvalue weighted by atomic mass is 10.1. The Morgan fingerprint density at radius 3 is 2.78 bits per heavy atom. The van der Waals surface area contributed by atoms with Crippen LogP contribution in [-0.2, 0) is 4.74 Å². The molecule has 0 spiro atoms. The summed E-state index contributed by atoms with van der Waals surface area (Å²) < 4.78 is 5.93. The van der Waals surface area contributed by atoms with E-state index in [1.54, 1.807) is 6.20 Å². The van der Waals surface area contributed by atoms with Gasteiger partial charge in [0.25, 0.3) is 0 Å². The number of ether oxygens (including phenoxy) is 1. The number of piperidine rings is 2. The predicted octanol–water partition coefficient (Wildman–Crippen LogP) is 4.66. The summed E-state index contributed by atoms with van der Waals surface area (Å²) in [5.74, 6) is 1.04. The molecule has 7 nitrogen and oxygen atoms in total. The molecule has 2 saturated heterocycles. The maximum absolute atomic E-state index is 5.93. The van der Waals surface area contributed by atoms with Crippen molar-refractivity contribution in [3.05, 3.63) is 61.3 Å². The van der Waals surface area contributed by atoms with Gasteiger partial charge in [-0.1, -0.05) is 25.7 Å². The first-order valence-corrected chi connectivity index (χ1v) is 13.4. The molecule has 7 heteroatoms. The molecule has 4 rings (SSSR count). The Balaban J connectivity index is 1.29. The largest absolute Gasteiger partial charge is 0.456 e. The van der Waals surface area contributed by atoms with E-state index in [0.29, 0.717) is 23.3 Å². The number of nitrogens with one attached hydrogen (secondary N) is 2. The third-order valence-corrected chi connectivity index (χ3v) is 7.11. The van der Waals surface area contributed by atoms with Gasteiger partial charge in [0.1, 0.15) is 17.2 Å². The summed E-state index contributed by atoms with van der Waals surface area (Å²) in [4.78, 5) is 14.0. The molecule has 2 aromatic rings. The van der Waals surface area contributed by atoms with E-state index in [2.05, 4.69) is 51.7 Å². The molecule has 2 N–H and O–H groups in total. The van der Waals surface area contributed by atoms with Crippen LogP contribution in [0.15, 0.2) is 55.6 Å². The van der Waals surface area contributed by atoms with Crippen LogP contribution in [0.3, 0.4) is 0 Å². The lowest BCUT2D eigenvalue weighted by Crippen LogP contribution is -2.40. The predicted molar refractivity (Wildman–Crippen MR) is 150 cm³/mol. The molecule has 0 unspecified atom stereocenters. The zero-order valence-electron chi connectivity index (χ0n) is 21.8. The number of fused-ring (bicyclic) bond motifs is 1. The quantitative estimate of drug-likeness (QED) is 0.255. The lowest BCUT2D eigenvalue weighted by molar-refractivity contribution is 0.228. The van der Waals surface area contributed by atoms with Crippen LogP contribution in [0.5, 0.6) is 0 Å². The second-order valence-electron chi connectivity index (χ2n) is 10.0. The smallest absolute Gasteiger partial charge is 0.145 e. The van der Waals surface area contributed by atoms with Crippen LogP contribution in [0.4, 0.5) is 5.69 Å². The first-order valence-electron chi connectivity index (χ1n) is 13.4. The summed E-state index contributed by atoms with van der Waals surface area (Å²) in [5, 5.41) is 8.20. The van der Waals surface area contributed by atoms with Gasteiger partial charge < -0.3 is 25.2 Å². The number of likely N-dealkylation sites (tertiary alicyclic amines) is 2. The third kappa shape index (κ3) is 7.88. The molecule has 194 valence electrons. The Morgan fingerprint density at radius 2 is 1.97 bits per heavy atom. The minimum Gasteiger partial charge on any atom is -0.456 e. The van der Waals surface area contributed by atoms with Gasteiger partial charge in [-0.05, 0) is 90.1 Å². The van der Waals surface area contributed by atoms with Crippen LogP contribution >= 0.6 is 0 Å². The Kier molecular flexibility index (Phi) is 9.90. The van der Waals surface area contributed by atoms with E-state index in [-0.39, 0.29) is 0 Å². The van der Waals surface area contributed by atoms with Crippen molar-refractivity contribution in [1.82, 2.24) is 25.1 Å². The summed E-state index contributed by atoms with van der Waals surface area (Å²) in [6, 6.07) is 4.51. The van der Waals surface area contributed by atoms with Crippen molar-refractivity contribution in [3.8, 4) is 0 Å². The monoisotopic (exact) mass is 490 g/mol. The van der Waals surface area contributed by atoms with Crippen molar-refractivity contribution in [2.75, 3.05) is 58.2 Å². The van der Waals surface area contributed by atoms with Crippen LogP contribution in [0.2, 0.25) is 0 Å². The van der Waals surface area contributed by atoms with Gasteiger partial charge in [-0.25, -0.2) is 4.98 Å². The second-order valence-corrected chi connectivity index (χ2v) is 10.0. The van der Waals surface area contributed by atoms with E-state index in [1.165, 1.54) is 45.2 Å². The highest BCUT2D eigenvalue weighted by Gasteiger charge is 2.15. The minimum absolute atomic E-state index is 0.489. The number of hydrogen-bond acceptors (Lipinski definition) is 7. The van der Waals surface area contributed by atoms with Crippen LogP contribution in [0, 0.1) is 0 Å². The van der Waals surface area contributed by atoms with Crippen LogP contribution in [-0.4, -0.2) is 78.7 Å². The Morgan fingerprint density at radius 1 is 1.17 bits per heavy atom. The number of nitrogens with zero attached hydrogens (tertiary/aromatic N) is 4. The highest BCUT2D eigenvalue weighted by atomic mass is 16.5. The van der Waals surface area contributed by atoms with Crippen LogP contribution in [0.1, 0.15) is 44.2 Å². The molecular formula is C29H42N6O. The molecule has 0 radical (unpaired) electrons. The van der Waals surface area contributed by atoms with E-state index in [1.807, 2.05) is 24.4 Å². The van der Waals surface area contributed by atoms with E-state index in [9.17, 15) is 0 Å². The fourth-order valence-corrected chi connectivity index (χ4v) is 4.95. The minimum atomic E-state index is 0.489. The van der Waals surface area contributed by atoms with Gasteiger partial charge in [0.15, 0.2) is 0 Å². The van der Waals surface area contributed by atoms with Crippen molar-refractivity contribution in [1.29, 1.82) is 0 Å². The Hall–Kier alpha value is -2.74. The first-order chi connectivity index (χ1) is 17.6. The molecule has 0 atom stereocenters. The van der Waals surface area contributed by atoms with E-state index >= 15 is 0 Å². The van der Waals surface area contributed by atoms with Crippen molar-refractivity contribution in [2.45, 2.75) is 44.6 Å². The molecular weight excluding hydrogens is 448 g/mol. The maximum Gasteiger partial charge on any atom is 0.145 e. The average molecular weight is 491 g/mol. The van der Waals surface area contributed by atoms with Crippen molar-refractivity contribution >= 4 is 22.3 Å². The maximum atomic E-state index is 5.93. The van der Waals surface area contributed by atoms with Gasteiger partial charge in [0, 0.05) is 42.6 Å². The summed E-state index contributed by atoms with van der Waals surface area (Å²) in [6.07, 6.45) is 15.1. The number of anilines is 1. The second kappa shape index (κ2) is 13.5. The third-order valence-electron chi connectivity index (χ3n) is 7.11. The molecule has 0 aromatic carbocycles. The SMILES string of the molecule is C=C(/C=C/CNC1CCN(C)CC1)OC(=C)c1cc(NCCCN2CCCCC2)c2cnccc2n1. The Bertz CT molecular complexity index is 1040. The summed E-state index contributed by atoms with van der Waals surface area (Å²) >= 11 is 0. The molecule has 2 aliphatic heterocycles. The van der Waals surface area contributed by atoms with Gasteiger partial charge in [0.05, 0.1) is 5.52 Å². The van der Waals surface area contributed by atoms with Gasteiger partial charge in [0.2, 0.25) is 0 Å². The van der Waals surface area contributed by atoms with Crippen LogP contribution in [0.25, 0.3) is 16.7 Å². The Labute approximate surface area is 216 Å². The van der Waals surface area contributed by atoms with Gasteiger partial charge in [-0.2, -0.15) is 0 Å². The van der Waals surface area contributed by atoms with E-state index < -0.39 is 0 Å². The zero-order chi connectivity index (χ0) is 25.2. The van der Waals surface area contributed by atoms with Gasteiger partial charge in [-0.3, -0.25) is 4.98 Å². The topological polar surface area (TPSA) is 65.6 Å². The van der Waals surface area contributed by atoms with E-state index in [4.69, 9.17) is 9.72 Å². The standard InChI is InChI=1S/C29H42N6O/c1-23(9-7-13-31-25-11-19-34(3)20-12-25)36-24(2)28-21-29(26-22-30-15-10-27(26)33-28)32-14-8-18-35-16-5-4-6-17-35/h7,9-10,15,21-22,25,31H,1-2,4-6,8,11-14,16-20H2,3H3,(H,32,33)/b9-7+. The molecule has 4 heterocycles. The van der Waals surface area contributed by atoms with Gasteiger partial charge in [-0.15, -0.1) is 0 Å². The zero-order valence-corrected chi connectivity index (χ0v) is 21.8. The molecule has 2 fully saturated rings. The number of allylic oxidation sites excluding steroid dienone is 1. The highest BCUT2D eigenvalue weighted by Crippen LogP contribution is 2.26. The summed E-state index contributed by atoms with van der Waals surface area (Å²) in [6.45, 7) is 15.8. The number of pyridine rings is 2. The molecule has 36 heavy (non-hydrogen) atoms. The summed E-state index contributed by atoms with van der Waals surface area (Å²) in [7, 11) is 2.18. The first kappa shape index (κ1) is 26.3. The van der Waals surface area contributed by atoms with Crippen molar-refractivity contribution in [2.24, 2.45) is 0 Å². The average Bonchev–Trinajstić information content (AvgIpc) is 2.90. The number of aromatic nitrogens is 2. The molecule has 2 aromatic heterocycles.